The second-order valence-corrected chi connectivity index (χ2v) is 6.00. The Morgan fingerprint density at radius 1 is 1.15 bits per heavy atom. The van der Waals surface area contributed by atoms with Crippen molar-refractivity contribution in [3.05, 3.63) is 64.1 Å². The highest BCUT2D eigenvalue weighted by Gasteiger charge is 2.33. The lowest BCUT2D eigenvalue weighted by molar-refractivity contribution is -0.137. The summed E-state index contributed by atoms with van der Waals surface area (Å²) in [7, 11) is 0. The third-order valence-corrected chi connectivity index (χ3v) is 4.20. The molecule has 0 aliphatic carbocycles. The Balaban J connectivity index is 2.16. The minimum Gasteiger partial charge on any atom is -0.505 e. The number of aromatic carboxylic acids is 1. The van der Waals surface area contributed by atoms with Gasteiger partial charge in [-0.05, 0) is 29.8 Å². The highest BCUT2D eigenvalue weighted by molar-refractivity contribution is 6.31. The number of nitrogens with zero attached hydrogens (tertiary/aromatic N) is 1. The zero-order valence-corrected chi connectivity index (χ0v) is 13.6. The van der Waals surface area contributed by atoms with Crippen LogP contribution in [0.2, 0.25) is 5.02 Å². The summed E-state index contributed by atoms with van der Waals surface area (Å²) in [6, 6.07) is 6.40. The number of carboxylic acid groups (broad SMARTS) is 1. The molecule has 0 atom stereocenters. The smallest absolute Gasteiger partial charge is 0.417 e. The standard InChI is InChI=1S/C17H10ClF4NO3/c18-11-2-1-8(3-10(11)17(20,21)22)7-23-13-6-12(19)15(24)5-9(13)4-14(23)16(25)26/h1-6,24H,7H2,(H,25,26). The Bertz CT molecular complexity index is 1030. The maximum atomic E-state index is 13.7. The molecule has 3 aromatic rings. The summed E-state index contributed by atoms with van der Waals surface area (Å²) in [5, 5.41) is 18.5. The molecule has 9 heteroatoms. The molecule has 0 aliphatic heterocycles. The molecule has 0 spiro atoms. The number of benzene rings is 2. The van der Waals surface area contributed by atoms with Gasteiger partial charge in [-0.1, -0.05) is 17.7 Å². The molecule has 0 amide bonds. The number of phenols is 1. The molecule has 4 nitrogen and oxygen atoms in total. The summed E-state index contributed by atoms with van der Waals surface area (Å²) in [6.45, 7) is -0.254. The van der Waals surface area contributed by atoms with Crippen LogP contribution in [0.25, 0.3) is 10.9 Å². The predicted octanol–water partition coefficient (Wildman–Crippen LogP) is 4.90. The number of halogens is 5. The summed E-state index contributed by atoms with van der Waals surface area (Å²) in [6.07, 6.45) is -4.67. The molecule has 1 aromatic heterocycles. The van der Waals surface area contributed by atoms with E-state index >= 15 is 0 Å². The van der Waals surface area contributed by atoms with Crippen LogP contribution < -0.4 is 0 Å². The summed E-state index contributed by atoms with van der Waals surface area (Å²) in [4.78, 5) is 11.5. The van der Waals surface area contributed by atoms with Crippen molar-refractivity contribution in [2.75, 3.05) is 0 Å². The molecule has 0 saturated heterocycles. The fourth-order valence-corrected chi connectivity index (χ4v) is 2.91. The third kappa shape index (κ3) is 3.20. The third-order valence-electron chi connectivity index (χ3n) is 3.87. The summed E-state index contributed by atoms with van der Waals surface area (Å²) >= 11 is 5.58. The molecule has 0 unspecified atom stereocenters. The van der Waals surface area contributed by atoms with Crippen molar-refractivity contribution in [1.29, 1.82) is 0 Å². The van der Waals surface area contributed by atoms with Crippen molar-refractivity contribution in [3.8, 4) is 5.75 Å². The average Bonchev–Trinajstić information content (AvgIpc) is 2.86. The van der Waals surface area contributed by atoms with Crippen LogP contribution in [0.3, 0.4) is 0 Å². The number of alkyl halides is 3. The second-order valence-electron chi connectivity index (χ2n) is 5.60. The molecule has 3 rings (SSSR count). The van der Waals surface area contributed by atoms with Gasteiger partial charge in [0.1, 0.15) is 5.69 Å². The van der Waals surface area contributed by atoms with Crippen LogP contribution in [0.5, 0.6) is 5.75 Å². The first-order valence-corrected chi connectivity index (χ1v) is 7.56. The summed E-state index contributed by atoms with van der Waals surface area (Å²) in [5.74, 6) is -2.97. The van der Waals surface area contributed by atoms with Crippen molar-refractivity contribution in [2.24, 2.45) is 0 Å². The Kier molecular flexibility index (Phi) is 4.31. The molecule has 0 aliphatic rings. The number of phenolic OH excluding ortho intramolecular Hbond substituents is 1. The first kappa shape index (κ1) is 18.1. The van der Waals surface area contributed by atoms with E-state index in [1.54, 1.807) is 0 Å². The van der Waals surface area contributed by atoms with Gasteiger partial charge in [0.15, 0.2) is 11.6 Å². The van der Waals surface area contributed by atoms with Crippen LogP contribution in [0.15, 0.2) is 36.4 Å². The van der Waals surface area contributed by atoms with E-state index in [4.69, 9.17) is 11.6 Å². The van der Waals surface area contributed by atoms with Gasteiger partial charge in [-0.15, -0.1) is 0 Å². The Labute approximate surface area is 148 Å². The van der Waals surface area contributed by atoms with Crippen LogP contribution in [-0.2, 0) is 12.7 Å². The SMILES string of the molecule is O=C(O)c1cc2cc(O)c(F)cc2n1Cc1ccc(Cl)c(C(F)(F)F)c1. The van der Waals surface area contributed by atoms with Crippen LogP contribution in [0, 0.1) is 5.82 Å². The summed E-state index contributed by atoms with van der Waals surface area (Å²) < 4.78 is 53.8. The first-order chi connectivity index (χ1) is 12.1. The van der Waals surface area contributed by atoms with Crippen molar-refractivity contribution in [3.63, 3.8) is 0 Å². The van der Waals surface area contributed by atoms with Crippen LogP contribution in [0.4, 0.5) is 17.6 Å². The minimum absolute atomic E-state index is 0.126. The van der Waals surface area contributed by atoms with Gasteiger partial charge in [-0.2, -0.15) is 13.2 Å². The van der Waals surface area contributed by atoms with E-state index in [0.29, 0.717) is 0 Å². The van der Waals surface area contributed by atoms with Gasteiger partial charge >= 0.3 is 12.1 Å². The van der Waals surface area contributed by atoms with Crippen LogP contribution in [0.1, 0.15) is 21.6 Å². The average molecular weight is 388 g/mol. The number of hydrogen-bond donors (Lipinski definition) is 2. The maximum Gasteiger partial charge on any atom is 0.417 e. The molecule has 0 saturated carbocycles. The molecule has 1 heterocycles. The number of rotatable bonds is 3. The molecule has 2 N–H and O–H groups in total. The van der Waals surface area contributed by atoms with Crippen molar-refractivity contribution >= 4 is 28.5 Å². The van der Waals surface area contributed by atoms with Gasteiger partial charge in [0.05, 0.1) is 16.1 Å². The second kappa shape index (κ2) is 6.21. The zero-order chi connectivity index (χ0) is 19.2. The van der Waals surface area contributed by atoms with E-state index in [2.05, 4.69) is 0 Å². The number of fused-ring (bicyclic) bond motifs is 1. The fraction of sp³-hybridized carbons (Fsp3) is 0.118. The van der Waals surface area contributed by atoms with Gasteiger partial charge in [-0.3, -0.25) is 0 Å². The molecule has 0 radical (unpaired) electrons. The van der Waals surface area contributed by atoms with E-state index in [0.717, 1.165) is 28.8 Å². The molecule has 2 aromatic carbocycles. The molecule has 0 bridgehead atoms. The van der Waals surface area contributed by atoms with E-state index < -0.39 is 34.3 Å². The van der Waals surface area contributed by atoms with Gasteiger partial charge < -0.3 is 14.8 Å². The van der Waals surface area contributed by atoms with Crippen LogP contribution in [-0.4, -0.2) is 20.7 Å². The first-order valence-electron chi connectivity index (χ1n) is 7.18. The lowest BCUT2D eigenvalue weighted by Gasteiger charge is -2.13. The van der Waals surface area contributed by atoms with E-state index in [9.17, 15) is 32.6 Å². The highest BCUT2D eigenvalue weighted by Crippen LogP contribution is 2.35. The Morgan fingerprint density at radius 2 is 1.85 bits per heavy atom. The van der Waals surface area contributed by atoms with Crippen molar-refractivity contribution in [1.82, 2.24) is 4.57 Å². The molecule has 26 heavy (non-hydrogen) atoms. The largest absolute Gasteiger partial charge is 0.505 e. The number of carboxylic acids is 1. The number of aromatic hydroxyl groups is 1. The van der Waals surface area contributed by atoms with Crippen molar-refractivity contribution < 1.29 is 32.6 Å². The highest BCUT2D eigenvalue weighted by atomic mass is 35.5. The fourth-order valence-electron chi connectivity index (χ4n) is 2.69. The summed E-state index contributed by atoms with van der Waals surface area (Å²) in [5.41, 5.74) is -1.04. The minimum atomic E-state index is -4.67. The molecular formula is C17H10ClF4NO3. The Morgan fingerprint density at radius 3 is 2.46 bits per heavy atom. The normalized spacial score (nSPS) is 11.9. The Hall–Kier alpha value is -2.74. The monoisotopic (exact) mass is 387 g/mol. The van der Waals surface area contributed by atoms with Crippen LogP contribution >= 0.6 is 11.6 Å². The maximum absolute atomic E-state index is 13.7. The molecule has 136 valence electrons. The number of carbonyl (C=O) groups is 1. The number of hydrogen-bond acceptors (Lipinski definition) is 2. The van der Waals surface area contributed by atoms with E-state index in [-0.39, 0.29) is 28.7 Å². The molecular weight excluding hydrogens is 378 g/mol. The van der Waals surface area contributed by atoms with Crippen molar-refractivity contribution in [2.45, 2.75) is 12.7 Å². The number of aromatic nitrogens is 1. The van der Waals surface area contributed by atoms with E-state index in [1.807, 2.05) is 0 Å². The molecule has 0 fully saturated rings. The lowest BCUT2D eigenvalue weighted by Crippen LogP contribution is -2.11. The quantitative estimate of drug-likeness (QED) is 0.628. The van der Waals surface area contributed by atoms with E-state index in [1.165, 1.54) is 12.1 Å². The van der Waals surface area contributed by atoms with Gasteiger partial charge in [0.2, 0.25) is 0 Å². The van der Waals surface area contributed by atoms with Gasteiger partial charge in [-0.25, -0.2) is 9.18 Å². The van der Waals surface area contributed by atoms with Gasteiger partial charge in [0.25, 0.3) is 0 Å². The lowest BCUT2D eigenvalue weighted by atomic mass is 10.1. The zero-order valence-electron chi connectivity index (χ0n) is 12.8. The predicted molar refractivity (Wildman–Crippen MR) is 86.1 cm³/mol. The topological polar surface area (TPSA) is 62.5 Å². The van der Waals surface area contributed by atoms with Gasteiger partial charge in [0, 0.05) is 18.0 Å².